The first-order chi connectivity index (χ1) is 15.0. The maximum absolute atomic E-state index is 13.3. The summed E-state index contributed by atoms with van der Waals surface area (Å²) >= 11 is 6.28. The smallest absolute Gasteiger partial charge is 0.270 e. The summed E-state index contributed by atoms with van der Waals surface area (Å²) in [6.07, 6.45) is 3.32. The standard InChI is InChI=1S/C23H16ClN3O4/c1-31-21-11-10-16(14-19(21)24)26-22(25-20-8-3-2-7-18(20)23(26)28)12-9-15-5-4-6-17(13-15)27(29)30/h2-14H,1H3/b12-9+. The van der Waals surface area contributed by atoms with Crippen LogP contribution in [-0.4, -0.2) is 21.6 Å². The summed E-state index contributed by atoms with van der Waals surface area (Å²) in [5.74, 6) is 0.845. The van der Waals surface area contributed by atoms with Crippen LogP contribution in [0.1, 0.15) is 11.4 Å². The molecule has 7 nitrogen and oxygen atoms in total. The van der Waals surface area contributed by atoms with Crippen LogP contribution in [0.3, 0.4) is 0 Å². The molecule has 3 aromatic carbocycles. The maximum atomic E-state index is 13.3. The topological polar surface area (TPSA) is 87.3 Å². The van der Waals surface area contributed by atoms with E-state index in [1.54, 1.807) is 66.7 Å². The number of nitrogens with zero attached hydrogens (tertiary/aromatic N) is 3. The van der Waals surface area contributed by atoms with E-state index in [1.165, 1.54) is 23.8 Å². The van der Waals surface area contributed by atoms with E-state index in [-0.39, 0.29) is 11.2 Å². The molecule has 4 rings (SSSR count). The van der Waals surface area contributed by atoms with Crippen LogP contribution in [0.2, 0.25) is 5.02 Å². The normalized spacial score (nSPS) is 11.2. The number of ether oxygens (including phenoxy) is 1. The molecule has 0 fully saturated rings. The fraction of sp³-hybridized carbons (Fsp3) is 0.0435. The number of non-ortho nitro benzene ring substituents is 1. The second-order valence-corrected chi connectivity index (χ2v) is 7.04. The molecule has 0 N–H and O–H groups in total. The minimum absolute atomic E-state index is 0.0204. The van der Waals surface area contributed by atoms with E-state index in [0.29, 0.717) is 38.8 Å². The van der Waals surface area contributed by atoms with Gasteiger partial charge in [-0.2, -0.15) is 0 Å². The van der Waals surface area contributed by atoms with Crippen molar-refractivity contribution in [1.29, 1.82) is 0 Å². The number of benzene rings is 3. The molecule has 0 saturated carbocycles. The zero-order chi connectivity index (χ0) is 22.0. The predicted octanol–water partition coefficient (Wildman–Crippen LogP) is 5.13. The van der Waals surface area contributed by atoms with Gasteiger partial charge in [0, 0.05) is 12.1 Å². The number of fused-ring (bicyclic) bond motifs is 1. The number of halogens is 1. The summed E-state index contributed by atoms with van der Waals surface area (Å²) in [6, 6.07) is 18.3. The van der Waals surface area contributed by atoms with Gasteiger partial charge in [0.25, 0.3) is 11.2 Å². The Kier molecular flexibility index (Phi) is 5.51. The quantitative estimate of drug-likeness (QED) is 0.322. The van der Waals surface area contributed by atoms with Crippen molar-refractivity contribution in [3.63, 3.8) is 0 Å². The highest BCUT2D eigenvalue weighted by atomic mass is 35.5. The Hall–Kier alpha value is -3.97. The highest BCUT2D eigenvalue weighted by Gasteiger charge is 2.13. The van der Waals surface area contributed by atoms with Crippen LogP contribution >= 0.6 is 11.6 Å². The molecule has 1 heterocycles. The first-order valence-corrected chi connectivity index (χ1v) is 9.64. The fourth-order valence-electron chi connectivity index (χ4n) is 3.22. The number of aromatic nitrogens is 2. The van der Waals surface area contributed by atoms with Gasteiger partial charge in [-0.1, -0.05) is 41.9 Å². The Balaban J connectivity index is 1.91. The lowest BCUT2D eigenvalue weighted by atomic mass is 10.2. The molecule has 0 amide bonds. The summed E-state index contributed by atoms with van der Waals surface area (Å²) < 4.78 is 6.64. The second kappa shape index (κ2) is 8.41. The summed E-state index contributed by atoms with van der Waals surface area (Å²) in [4.78, 5) is 28.5. The molecule has 0 aliphatic carbocycles. The minimum Gasteiger partial charge on any atom is -0.495 e. The molecule has 8 heteroatoms. The van der Waals surface area contributed by atoms with Gasteiger partial charge in [-0.05, 0) is 42.0 Å². The van der Waals surface area contributed by atoms with E-state index >= 15 is 0 Å². The number of nitro benzene ring substituents is 1. The summed E-state index contributed by atoms with van der Waals surface area (Å²) in [5.41, 5.74) is 1.39. The molecular formula is C23H16ClN3O4. The SMILES string of the molecule is COc1ccc(-n2c(/C=C/c3cccc([N+](=O)[O-])c3)nc3ccccc3c2=O)cc1Cl. The zero-order valence-corrected chi connectivity index (χ0v) is 17.1. The molecule has 0 bridgehead atoms. The Labute approximate surface area is 182 Å². The van der Waals surface area contributed by atoms with Gasteiger partial charge in [-0.25, -0.2) is 4.98 Å². The molecule has 31 heavy (non-hydrogen) atoms. The molecule has 0 unspecified atom stereocenters. The number of hydrogen-bond donors (Lipinski definition) is 0. The Morgan fingerprint density at radius 1 is 1.06 bits per heavy atom. The first kappa shape index (κ1) is 20.3. The van der Waals surface area contributed by atoms with Crippen molar-refractivity contribution >= 4 is 40.3 Å². The molecule has 0 aliphatic rings. The second-order valence-electron chi connectivity index (χ2n) is 6.63. The molecule has 0 atom stereocenters. The third kappa shape index (κ3) is 4.04. The highest BCUT2D eigenvalue weighted by Crippen LogP contribution is 2.27. The number of rotatable bonds is 5. The maximum Gasteiger partial charge on any atom is 0.270 e. The van der Waals surface area contributed by atoms with Gasteiger partial charge in [0.15, 0.2) is 0 Å². The van der Waals surface area contributed by atoms with Crippen molar-refractivity contribution < 1.29 is 9.66 Å². The summed E-state index contributed by atoms with van der Waals surface area (Å²) in [6.45, 7) is 0. The van der Waals surface area contributed by atoms with E-state index in [2.05, 4.69) is 4.98 Å². The van der Waals surface area contributed by atoms with Crippen molar-refractivity contribution in [3.05, 3.63) is 104 Å². The van der Waals surface area contributed by atoms with Crippen molar-refractivity contribution in [2.24, 2.45) is 0 Å². The van der Waals surface area contributed by atoms with E-state index in [0.717, 1.165) is 0 Å². The van der Waals surface area contributed by atoms with Crippen LogP contribution in [0.25, 0.3) is 28.7 Å². The fourth-order valence-corrected chi connectivity index (χ4v) is 3.47. The third-order valence-corrected chi connectivity index (χ3v) is 5.00. The van der Waals surface area contributed by atoms with Crippen LogP contribution in [0, 0.1) is 10.1 Å². The van der Waals surface area contributed by atoms with E-state index in [9.17, 15) is 14.9 Å². The van der Waals surface area contributed by atoms with Gasteiger partial charge < -0.3 is 4.74 Å². The lowest BCUT2D eigenvalue weighted by molar-refractivity contribution is -0.384. The molecular weight excluding hydrogens is 418 g/mol. The van der Waals surface area contributed by atoms with Gasteiger partial charge in [-0.3, -0.25) is 19.5 Å². The largest absolute Gasteiger partial charge is 0.495 e. The first-order valence-electron chi connectivity index (χ1n) is 9.26. The number of hydrogen-bond acceptors (Lipinski definition) is 5. The molecule has 0 saturated heterocycles. The van der Waals surface area contributed by atoms with E-state index < -0.39 is 4.92 Å². The third-order valence-electron chi connectivity index (χ3n) is 4.70. The molecule has 154 valence electrons. The van der Waals surface area contributed by atoms with Crippen molar-refractivity contribution in [2.45, 2.75) is 0 Å². The number of nitro groups is 1. The molecule has 4 aromatic rings. The molecule has 0 spiro atoms. The Bertz CT molecular complexity index is 1400. The van der Waals surface area contributed by atoms with Gasteiger partial charge >= 0.3 is 0 Å². The van der Waals surface area contributed by atoms with Crippen LogP contribution in [0.5, 0.6) is 5.75 Å². The number of methoxy groups -OCH3 is 1. The highest BCUT2D eigenvalue weighted by molar-refractivity contribution is 6.32. The Morgan fingerprint density at radius 2 is 1.87 bits per heavy atom. The monoisotopic (exact) mass is 433 g/mol. The van der Waals surface area contributed by atoms with Crippen molar-refractivity contribution in [3.8, 4) is 11.4 Å². The van der Waals surface area contributed by atoms with Gasteiger partial charge in [0.2, 0.25) is 0 Å². The van der Waals surface area contributed by atoms with Crippen LogP contribution < -0.4 is 10.3 Å². The zero-order valence-electron chi connectivity index (χ0n) is 16.4. The molecule has 1 aromatic heterocycles. The average Bonchev–Trinajstić information content (AvgIpc) is 2.78. The summed E-state index contributed by atoms with van der Waals surface area (Å²) in [7, 11) is 1.51. The van der Waals surface area contributed by atoms with E-state index in [4.69, 9.17) is 16.3 Å². The van der Waals surface area contributed by atoms with Crippen molar-refractivity contribution in [1.82, 2.24) is 9.55 Å². The number of para-hydroxylation sites is 1. The predicted molar refractivity (Wildman–Crippen MR) is 121 cm³/mol. The lowest BCUT2D eigenvalue weighted by Gasteiger charge is -2.13. The van der Waals surface area contributed by atoms with Crippen molar-refractivity contribution in [2.75, 3.05) is 7.11 Å². The summed E-state index contributed by atoms with van der Waals surface area (Å²) in [5, 5.41) is 11.9. The lowest BCUT2D eigenvalue weighted by Crippen LogP contribution is -2.22. The van der Waals surface area contributed by atoms with Gasteiger partial charge in [-0.15, -0.1) is 0 Å². The van der Waals surface area contributed by atoms with Crippen LogP contribution in [-0.2, 0) is 0 Å². The molecule has 0 aliphatic heterocycles. The van der Waals surface area contributed by atoms with Crippen LogP contribution in [0.4, 0.5) is 5.69 Å². The molecule has 0 radical (unpaired) electrons. The minimum atomic E-state index is -0.457. The Morgan fingerprint density at radius 3 is 2.61 bits per heavy atom. The van der Waals surface area contributed by atoms with Gasteiger partial charge in [0.05, 0.1) is 33.6 Å². The van der Waals surface area contributed by atoms with E-state index in [1.807, 2.05) is 0 Å². The van der Waals surface area contributed by atoms with Crippen LogP contribution in [0.15, 0.2) is 71.5 Å². The average molecular weight is 434 g/mol. The van der Waals surface area contributed by atoms with Gasteiger partial charge in [0.1, 0.15) is 11.6 Å².